The predicted molar refractivity (Wildman–Crippen MR) is 70.8 cm³/mol. The van der Waals surface area contributed by atoms with E-state index in [0.717, 1.165) is 24.8 Å². The summed E-state index contributed by atoms with van der Waals surface area (Å²) in [5.41, 5.74) is 0.833. The second kappa shape index (κ2) is 6.33. The first kappa shape index (κ1) is 12.0. The summed E-state index contributed by atoms with van der Waals surface area (Å²) in [5, 5.41) is 0. The van der Waals surface area contributed by atoms with Gasteiger partial charge < -0.3 is 0 Å². The highest BCUT2D eigenvalue weighted by Gasteiger charge is 2.11. The van der Waals surface area contributed by atoms with Gasteiger partial charge in [-0.1, -0.05) is 30.3 Å². The lowest BCUT2D eigenvalue weighted by Crippen LogP contribution is -2.10. The summed E-state index contributed by atoms with van der Waals surface area (Å²) in [6.45, 7) is 0. The van der Waals surface area contributed by atoms with Crippen molar-refractivity contribution in [1.29, 1.82) is 0 Å². The van der Waals surface area contributed by atoms with E-state index < -0.39 is 0 Å². The number of benzene rings is 1. The second-order valence-corrected chi connectivity index (χ2v) is 4.60. The number of carbonyl (C=O) groups is 1. The van der Waals surface area contributed by atoms with Crippen LogP contribution < -0.4 is 0 Å². The van der Waals surface area contributed by atoms with Gasteiger partial charge in [0.05, 0.1) is 0 Å². The first-order chi connectivity index (χ1) is 8.36. The van der Waals surface area contributed by atoms with Crippen LogP contribution in [0.1, 0.15) is 48.9 Å². The van der Waals surface area contributed by atoms with E-state index in [1.54, 1.807) is 0 Å². The number of ketones is 1. The Balaban J connectivity index is 1.73. The van der Waals surface area contributed by atoms with Crippen LogP contribution in [0.5, 0.6) is 0 Å². The van der Waals surface area contributed by atoms with Crippen LogP contribution in [-0.4, -0.2) is 18.0 Å². The van der Waals surface area contributed by atoms with E-state index in [4.69, 9.17) is 0 Å². The molecule has 0 fully saturated rings. The molecular formula is C15H19NO. The Morgan fingerprint density at radius 1 is 1.29 bits per heavy atom. The zero-order valence-corrected chi connectivity index (χ0v) is 10.1. The predicted octanol–water partition coefficient (Wildman–Crippen LogP) is 3.66. The van der Waals surface area contributed by atoms with Crippen LogP contribution in [0.15, 0.2) is 35.3 Å². The average molecular weight is 229 g/mol. The molecule has 1 heterocycles. The summed E-state index contributed by atoms with van der Waals surface area (Å²) in [6.07, 6.45) is 8.25. The lowest BCUT2D eigenvalue weighted by Gasteiger charge is -2.14. The molecule has 0 aromatic heterocycles. The zero-order chi connectivity index (χ0) is 11.9. The maximum Gasteiger partial charge on any atom is 0.162 e. The van der Waals surface area contributed by atoms with Crippen molar-refractivity contribution < 1.29 is 4.79 Å². The maximum atomic E-state index is 11.8. The van der Waals surface area contributed by atoms with Gasteiger partial charge in [-0.15, -0.1) is 0 Å². The Kier molecular flexibility index (Phi) is 4.48. The molecular weight excluding hydrogens is 210 g/mol. The van der Waals surface area contributed by atoms with Gasteiger partial charge in [0.15, 0.2) is 5.78 Å². The second-order valence-electron chi connectivity index (χ2n) is 4.60. The molecule has 0 bridgehead atoms. The molecule has 1 aromatic carbocycles. The highest BCUT2D eigenvalue weighted by molar-refractivity contribution is 5.95. The van der Waals surface area contributed by atoms with Crippen LogP contribution in [0.25, 0.3) is 0 Å². The highest BCUT2D eigenvalue weighted by Crippen LogP contribution is 2.16. The van der Waals surface area contributed by atoms with Crippen LogP contribution in [0.4, 0.5) is 0 Å². The van der Waals surface area contributed by atoms with Crippen molar-refractivity contribution in [1.82, 2.24) is 0 Å². The fraction of sp³-hybridized carbons (Fsp3) is 0.467. The van der Waals surface area contributed by atoms with E-state index in [0.29, 0.717) is 12.5 Å². The Labute approximate surface area is 103 Å². The highest BCUT2D eigenvalue weighted by atomic mass is 16.1. The van der Waals surface area contributed by atoms with Crippen LogP contribution in [0.2, 0.25) is 0 Å². The molecule has 17 heavy (non-hydrogen) atoms. The van der Waals surface area contributed by atoms with Gasteiger partial charge in [0.1, 0.15) is 0 Å². The minimum Gasteiger partial charge on any atom is -0.294 e. The van der Waals surface area contributed by atoms with Crippen LogP contribution in [0, 0.1) is 0 Å². The van der Waals surface area contributed by atoms with Crippen molar-refractivity contribution >= 4 is 12.0 Å². The van der Waals surface area contributed by atoms with Crippen molar-refractivity contribution in [3.8, 4) is 0 Å². The van der Waals surface area contributed by atoms with Gasteiger partial charge in [-0.25, -0.2) is 0 Å². The standard InChI is InChI=1S/C15H19NO/c17-15(13-7-2-1-3-8-13)11-6-10-14-9-4-5-12-16-14/h1-3,7-8,12,14H,4-6,9-11H2. The minimum absolute atomic E-state index is 0.255. The molecule has 2 heteroatoms. The van der Waals surface area contributed by atoms with Crippen LogP contribution in [-0.2, 0) is 0 Å². The number of nitrogens with zero attached hydrogens (tertiary/aromatic N) is 1. The number of Topliss-reactive ketones (excluding diaryl/α,β-unsaturated/α-hetero) is 1. The molecule has 1 aliphatic heterocycles. The number of rotatable bonds is 5. The Morgan fingerprint density at radius 3 is 2.82 bits per heavy atom. The quantitative estimate of drug-likeness (QED) is 0.708. The summed E-state index contributed by atoms with van der Waals surface area (Å²) in [7, 11) is 0. The van der Waals surface area contributed by atoms with Gasteiger partial charge >= 0.3 is 0 Å². The average Bonchev–Trinajstić information content (AvgIpc) is 2.41. The molecule has 0 amide bonds. The molecule has 90 valence electrons. The minimum atomic E-state index is 0.255. The normalized spacial score (nSPS) is 19.2. The van der Waals surface area contributed by atoms with Crippen LogP contribution >= 0.6 is 0 Å². The summed E-state index contributed by atoms with van der Waals surface area (Å²) in [6, 6.07) is 10.0. The van der Waals surface area contributed by atoms with E-state index >= 15 is 0 Å². The number of aliphatic imine (C=N–C) groups is 1. The maximum absolute atomic E-state index is 11.8. The third-order valence-electron chi connectivity index (χ3n) is 3.22. The molecule has 1 atom stereocenters. The van der Waals surface area contributed by atoms with Gasteiger partial charge in [0, 0.05) is 18.0 Å². The lowest BCUT2D eigenvalue weighted by atomic mass is 9.99. The Morgan fingerprint density at radius 2 is 2.12 bits per heavy atom. The first-order valence-electron chi connectivity index (χ1n) is 6.46. The molecule has 0 radical (unpaired) electrons. The summed E-state index contributed by atoms with van der Waals surface area (Å²) >= 11 is 0. The molecule has 1 aliphatic rings. The Bertz CT molecular complexity index is 383. The molecule has 2 rings (SSSR count). The van der Waals surface area contributed by atoms with E-state index in [-0.39, 0.29) is 5.78 Å². The summed E-state index contributed by atoms with van der Waals surface area (Å²) in [5.74, 6) is 0.255. The zero-order valence-electron chi connectivity index (χ0n) is 10.1. The van der Waals surface area contributed by atoms with Crippen LogP contribution in [0.3, 0.4) is 0 Å². The van der Waals surface area contributed by atoms with Crippen molar-refractivity contribution in [2.45, 2.75) is 44.6 Å². The molecule has 2 nitrogen and oxygen atoms in total. The Hall–Kier alpha value is -1.44. The first-order valence-corrected chi connectivity index (χ1v) is 6.46. The topological polar surface area (TPSA) is 29.4 Å². The van der Waals surface area contributed by atoms with E-state index in [1.165, 1.54) is 12.8 Å². The molecule has 0 N–H and O–H groups in total. The SMILES string of the molecule is O=C(CCCC1CCCC=N1)c1ccccc1. The van der Waals surface area contributed by atoms with Crippen molar-refractivity contribution in [2.75, 3.05) is 0 Å². The number of hydrogen-bond donors (Lipinski definition) is 0. The molecule has 1 unspecified atom stereocenters. The monoisotopic (exact) mass is 229 g/mol. The third-order valence-corrected chi connectivity index (χ3v) is 3.22. The van der Waals surface area contributed by atoms with E-state index in [2.05, 4.69) is 4.99 Å². The fourth-order valence-electron chi connectivity index (χ4n) is 2.23. The van der Waals surface area contributed by atoms with Crippen molar-refractivity contribution in [3.05, 3.63) is 35.9 Å². The van der Waals surface area contributed by atoms with Gasteiger partial charge in [-0.05, 0) is 38.3 Å². The molecule has 0 aliphatic carbocycles. The van der Waals surface area contributed by atoms with Gasteiger partial charge in [0.25, 0.3) is 0 Å². The number of carbonyl (C=O) groups excluding carboxylic acids is 1. The van der Waals surface area contributed by atoms with E-state index in [1.807, 2.05) is 36.5 Å². The summed E-state index contributed by atoms with van der Waals surface area (Å²) in [4.78, 5) is 16.3. The van der Waals surface area contributed by atoms with Gasteiger partial charge in [0.2, 0.25) is 0 Å². The van der Waals surface area contributed by atoms with Gasteiger partial charge in [-0.2, -0.15) is 0 Å². The fourth-order valence-corrected chi connectivity index (χ4v) is 2.23. The smallest absolute Gasteiger partial charge is 0.162 e. The van der Waals surface area contributed by atoms with Gasteiger partial charge in [-0.3, -0.25) is 9.79 Å². The van der Waals surface area contributed by atoms with Crippen molar-refractivity contribution in [2.24, 2.45) is 4.99 Å². The molecule has 1 aromatic rings. The lowest BCUT2D eigenvalue weighted by molar-refractivity contribution is 0.0978. The number of hydrogen-bond acceptors (Lipinski definition) is 2. The molecule has 0 spiro atoms. The van der Waals surface area contributed by atoms with Crippen molar-refractivity contribution in [3.63, 3.8) is 0 Å². The largest absolute Gasteiger partial charge is 0.294 e. The molecule has 0 saturated heterocycles. The van der Waals surface area contributed by atoms with E-state index in [9.17, 15) is 4.79 Å². The summed E-state index contributed by atoms with van der Waals surface area (Å²) < 4.78 is 0. The molecule has 0 saturated carbocycles. The third kappa shape index (κ3) is 3.81.